The average molecular weight is 418 g/mol. The van der Waals surface area contributed by atoms with Gasteiger partial charge in [0.1, 0.15) is 5.82 Å². The van der Waals surface area contributed by atoms with Crippen molar-refractivity contribution >= 4 is 28.6 Å². The third kappa shape index (κ3) is 4.56. The fourth-order valence-corrected chi connectivity index (χ4v) is 3.97. The van der Waals surface area contributed by atoms with E-state index in [9.17, 15) is 9.59 Å². The molecule has 1 N–H and O–H groups in total. The summed E-state index contributed by atoms with van der Waals surface area (Å²) >= 11 is 0. The van der Waals surface area contributed by atoms with Crippen molar-refractivity contribution in [1.82, 2.24) is 14.9 Å². The number of carbonyl (C=O) groups excluding carboxylic acids is 2. The Morgan fingerprint density at radius 1 is 1.19 bits per heavy atom. The molecule has 0 saturated carbocycles. The van der Waals surface area contributed by atoms with Crippen molar-refractivity contribution in [2.75, 3.05) is 25.0 Å². The van der Waals surface area contributed by atoms with Crippen molar-refractivity contribution in [2.24, 2.45) is 0 Å². The summed E-state index contributed by atoms with van der Waals surface area (Å²) < 4.78 is 5.45. The van der Waals surface area contributed by atoms with Crippen LogP contribution in [-0.4, -0.2) is 46.4 Å². The maximum atomic E-state index is 13.2. The quantitative estimate of drug-likeness (QED) is 0.617. The maximum absolute atomic E-state index is 13.2. The summed E-state index contributed by atoms with van der Waals surface area (Å²) in [6, 6.07) is 11.2. The first-order valence-corrected chi connectivity index (χ1v) is 10.6. The monoisotopic (exact) mass is 418 g/mol. The van der Waals surface area contributed by atoms with Crippen LogP contribution in [0.2, 0.25) is 0 Å². The number of carbonyl (C=O) groups is 2. The van der Waals surface area contributed by atoms with Crippen molar-refractivity contribution < 1.29 is 14.3 Å². The molecule has 0 aliphatic carbocycles. The van der Waals surface area contributed by atoms with Crippen LogP contribution < -0.4 is 5.32 Å². The zero-order valence-electron chi connectivity index (χ0n) is 17.9. The summed E-state index contributed by atoms with van der Waals surface area (Å²) in [5.74, 6) is -0.457. The zero-order chi connectivity index (χ0) is 21.8. The van der Waals surface area contributed by atoms with Crippen LogP contribution in [0, 0.1) is 6.92 Å². The number of amides is 1. The number of anilines is 1. The summed E-state index contributed by atoms with van der Waals surface area (Å²) in [5.41, 5.74) is 3.97. The lowest BCUT2D eigenvalue weighted by Gasteiger charge is -2.29. The number of para-hydroxylation sites is 1. The summed E-state index contributed by atoms with van der Waals surface area (Å²) in [7, 11) is 0. The van der Waals surface area contributed by atoms with Crippen molar-refractivity contribution in [3.8, 4) is 0 Å². The van der Waals surface area contributed by atoms with Crippen LogP contribution in [0.5, 0.6) is 0 Å². The first-order chi connectivity index (χ1) is 15.1. The highest BCUT2D eigenvalue weighted by atomic mass is 16.5. The van der Waals surface area contributed by atoms with Crippen LogP contribution in [0.3, 0.4) is 0 Å². The lowest BCUT2D eigenvalue weighted by Crippen LogP contribution is -2.33. The van der Waals surface area contributed by atoms with Crippen LogP contribution in [0.4, 0.5) is 5.82 Å². The first kappa shape index (κ1) is 20.9. The molecule has 0 radical (unpaired) electrons. The van der Waals surface area contributed by atoms with Crippen molar-refractivity contribution in [3.63, 3.8) is 0 Å². The van der Waals surface area contributed by atoms with E-state index in [-0.39, 0.29) is 6.61 Å². The molecule has 1 amide bonds. The van der Waals surface area contributed by atoms with E-state index in [1.807, 2.05) is 37.3 Å². The number of rotatable bonds is 6. The molecule has 0 spiro atoms. The van der Waals surface area contributed by atoms with Gasteiger partial charge in [-0.15, -0.1) is 0 Å². The van der Waals surface area contributed by atoms with E-state index in [4.69, 9.17) is 9.72 Å². The number of hydrogen-bond donors (Lipinski definition) is 1. The first-order valence-electron chi connectivity index (χ1n) is 10.6. The zero-order valence-corrected chi connectivity index (χ0v) is 17.9. The number of pyridine rings is 2. The van der Waals surface area contributed by atoms with Gasteiger partial charge in [-0.2, -0.15) is 0 Å². The Morgan fingerprint density at radius 2 is 2.03 bits per heavy atom. The highest BCUT2D eigenvalue weighted by molar-refractivity contribution is 6.06. The molecule has 0 bridgehead atoms. The van der Waals surface area contributed by atoms with Crippen molar-refractivity contribution in [2.45, 2.75) is 33.2 Å². The van der Waals surface area contributed by atoms with Gasteiger partial charge in [0.2, 0.25) is 0 Å². The number of hydrogen-bond acceptors (Lipinski definition) is 6. The van der Waals surface area contributed by atoms with Crippen LogP contribution >= 0.6 is 0 Å². The topological polar surface area (TPSA) is 84.4 Å². The predicted molar refractivity (Wildman–Crippen MR) is 119 cm³/mol. The Bertz CT molecular complexity index is 1130. The number of aromatic nitrogens is 2. The molecule has 4 rings (SSSR count). The smallest absolute Gasteiger partial charge is 0.339 e. The molecule has 3 heterocycles. The van der Waals surface area contributed by atoms with Gasteiger partial charge in [0, 0.05) is 42.4 Å². The fourth-order valence-electron chi connectivity index (χ4n) is 3.97. The third-order valence-corrected chi connectivity index (χ3v) is 5.47. The van der Waals surface area contributed by atoms with Gasteiger partial charge in [-0.25, -0.2) is 9.78 Å². The molecular weight excluding hydrogens is 392 g/mol. The molecule has 7 nitrogen and oxygen atoms in total. The molecule has 7 heteroatoms. The molecule has 160 valence electrons. The van der Waals surface area contributed by atoms with E-state index in [1.165, 1.54) is 0 Å². The van der Waals surface area contributed by atoms with Gasteiger partial charge in [0.05, 0.1) is 11.1 Å². The van der Waals surface area contributed by atoms with E-state index >= 15 is 0 Å². The molecule has 0 saturated heterocycles. The summed E-state index contributed by atoms with van der Waals surface area (Å²) in [5, 5.41) is 3.45. The van der Waals surface area contributed by atoms with E-state index in [0.717, 1.165) is 53.7 Å². The van der Waals surface area contributed by atoms with E-state index in [2.05, 4.69) is 22.1 Å². The maximum Gasteiger partial charge on any atom is 0.339 e. The number of nitrogens with zero attached hydrogens (tertiary/aromatic N) is 3. The lowest BCUT2D eigenvalue weighted by atomic mass is 9.95. The number of aryl methyl sites for hydroxylation is 1. The van der Waals surface area contributed by atoms with Crippen LogP contribution in [-0.2, 0) is 22.5 Å². The number of nitrogens with one attached hydrogen (secondary N) is 1. The second kappa shape index (κ2) is 9.22. The van der Waals surface area contributed by atoms with Gasteiger partial charge in [0.25, 0.3) is 5.91 Å². The Hall–Kier alpha value is -3.32. The van der Waals surface area contributed by atoms with Crippen LogP contribution in [0.15, 0.2) is 42.6 Å². The van der Waals surface area contributed by atoms with Crippen LogP contribution in [0.1, 0.15) is 40.5 Å². The number of ether oxygens (including phenoxy) is 1. The molecule has 31 heavy (non-hydrogen) atoms. The number of fused-ring (bicyclic) bond motifs is 2. The van der Waals surface area contributed by atoms with Crippen LogP contribution in [0.25, 0.3) is 10.9 Å². The summed E-state index contributed by atoms with van der Waals surface area (Å²) in [4.78, 5) is 36.8. The van der Waals surface area contributed by atoms with Gasteiger partial charge in [0.15, 0.2) is 6.61 Å². The summed E-state index contributed by atoms with van der Waals surface area (Å²) in [6.45, 7) is 6.17. The summed E-state index contributed by atoms with van der Waals surface area (Å²) in [6.07, 6.45) is 3.44. The Balaban J connectivity index is 1.57. The minimum absolute atomic E-state index is 0.376. The lowest BCUT2D eigenvalue weighted by molar-refractivity contribution is -0.119. The molecule has 0 unspecified atom stereocenters. The Morgan fingerprint density at radius 3 is 2.84 bits per heavy atom. The van der Waals surface area contributed by atoms with Gasteiger partial charge in [-0.05, 0) is 37.6 Å². The van der Waals surface area contributed by atoms with Gasteiger partial charge in [-0.1, -0.05) is 31.2 Å². The molecule has 1 aliphatic rings. The molecule has 1 aliphatic heterocycles. The minimum atomic E-state index is -0.499. The normalized spacial score (nSPS) is 13.6. The SMILES string of the molecule is CCCN1CCc2nc3ccccc3c(C(=O)OCC(=O)Nc3ncccc3C)c2C1. The van der Waals surface area contributed by atoms with E-state index in [1.54, 1.807) is 12.3 Å². The molecule has 0 fully saturated rings. The molecule has 2 aromatic heterocycles. The second-order valence-electron chi connectivity index (χ2n) is 7.75. The molecule has 3 aromatic rings. The predicted octanol–water partition coefficient (Wildman–Crippen LogP) is 3.50. The highest BCUT2D eigenvalue weighted by Gasteiger charge is 2.26. The Kier molecular flexibility index (Phi) is 6.23. The number of benzene rings is 1. The Labute approximate surface area is 181 Å². The molecular formula is C24H26N4O3. The van der Waals surface area contributed by atoms with E-state index in [0.29, 0.717) is 17.9 Å². The fraction of sp³-hybridized carbons (Fsp3) is 0.333. The highest BCUT2D eigenvalue weighted by Crippen LogP contribution is 2.29. The van der Waals surface area contributed by atoms with Gasteiger partial charge < -0.3 is 10.1 Å². The molecule has 0 atom stereocenters. The van der Waals surface area contributed by atoms with Gasteiger partial charge in [-0.3, -0.25) is 14.7 Å². The number of esters is 1. The molecule has 1 aromatic carbocycles. The third-order valence-electron chi connectivity index (χ3n) is 5.47. The average Bonchev–Trinajstić information content (AvgIpc) is 2.77. The van der Waals surface area contributed by atoms with Crippen molar-refractivity contribution in [3.05, 3.63) is 65.0 Å². The second-order valence-corrected chi connectivity index (χ2v) is 7.75. The van der Waals surface area contributed by atoms with Crippen molar-refractivity contribution in [1.29, 1.82) is 0 Å². The van der Waals surface area contributed by atoms with E-state index < -0.39 is 11.9 Å². The van der Waals surface area contributed by atoms with Gasteiger partial charge >= 0.3 is 5.97 Å². The standard InChI is InChI=1S/C24H26N4O3/c1-3-12-28-13-10-20-18(14-28)22(17-8-4-5-9-19(17)26-20)24(30)31-15-21(29)27-23-16(2)7-6-11-25-23/h4-9,11H,3,10,12-15H2,1-2H3,(H,25,27,29). The minimum Gasteiger partial charge on any atom is -0.452 e. The largest absolute Gasteiger partial charge is 0.452 e.